The summed E-state index contributed by atoms with van der Waals surface area (Å²) in [5, 5.41) is 6.99. The van der Waals surface area contributed by atoms with Crippen LogP contribution < -0.4 is 5.73 Å². The molecule has 13 heavy (non-hydrogen) atoms. The van der Waals surface area contributed by atoms with Crippen LogP contribution in [0.1, 0.15) is 5.69 Å². The normalized spacial score (nSPS) is 10.6. The topological polar surface area (TPSA) is 56.7 Å². The third-order valence-electron chi connectivity index (χ3n) is 1.62. The van der Waals surface area contributed by atoms with Crippen molar-refractivity contribution in [2.24, 2.45) is 0 Å². The molecule has 0 aromatic carbocycles. The van der Waals surface area contributed by atoms with Crippen LogP contribution in [-0.4, -0.2) is 14.8 Å². The van der Waals surface area contributed by atoms with Crippen molar-refractivity contribution in [1.29, 1.82) is 0 Å². The number of anilines is 1. The van der Waals surface area contributed by atoms with Crippen LogP contribution >= 0.6 is 33.9 Å². The van der Waals surface area contributed by atoms with Gasteiger partial charge in [0.1, 0.15) is 5.82 Å². The molecule has 0 saturated carbocycles. The molecule has 0 fully saturated rings. The first-order valence-electron chi connectivity index (χ1n) is 3.60. The molecule has 0 atom stereocenters. The molecule has 6 heteroatoms. The van der Waals surface area contributed by atoms with Crippen LogP contribution in [0.4, 0.5) is 5.82 Å². The van der Waals surface area contributed by atoms with Gasteiger partial charge in [0.05, 0.1) is 9.26 Å². The fourth-order valence-electron chi connectivity index (χ4n) is 0.992. The number of nitrogens with two attached hydrogens (primary N) is 1. The summed E-state index contributed by atoms with van der Waals surface area (Å²) in [7, 11) is 0. The molecular formula is C7H7IN4S. The molecule has 0 aliphatic rings. The second-order valence-corrected chi connectivity index (χ2v) is 4.46. The first kappa shape index (κ1) is 8.95. The Kier molecular flexibility index (Phi) is 2.24. The van der Waals surface area contributed by atoms with E-state index in [4.69, 9.17) is 5.73 Å². The van der Waals surface area contributed by atoms with E-state index in [-0.39, 0.29) is 0 Å². The Bertz CT molecular complexity index is 420. The molecule has 2 aromatic rings. The van der Waals surface area contributed by atoms with Crippen LogP contribution in [-0.2, 0) is 0 Å². The summed E-state index contributed by atoms with van der Waals surface area (Å²) in [4.78, 5) is 4.14. The first-order chi connectivity index (χ1) is 6.20. The van der Waals surface area contributed by atoms with Crippen molar-refractivity contribution >= 4 is 39.7 Å². The highest BCUT2D eigenvalue weighted by molar-refractivity contribution is 14.1. The fraction of sp³-hybridized carbons (Fsp3) is 0.143. The summed E-state index contributed by atoms with van der Waals surface area (Å²) in [6, 6.07) is 0. The SMILES string of the molecule is Cc1nn(-c2nccs2)c(N)c1I. The molecule has 0 aliphatic heterocycles. The Hall–Kier alpha value is -0.630. The van der Waals surface area contributed by atoms with E-state index in [0.717, 1.165) is 14.4 Å². The molecule has 2 heterocycles. The van der Waals surface area contributed by atoms with Gasteiger partial charge in [-0.2, -0.15) is 9.78 Å². The highest BCUT2D eigenvalue weighted by Gasteiger charge is 2.11. The van der Waals surface area contributed by atoms with E-state index in [1.807, 2.05) is 12.3 Å². The minimum Gasteiger partial charge on any atom is -0.383 e. The van der Waals surface area contributed by atoms with E-state index < -0.39 is 0 Å². The van der Waals surface area contributed by atoms with E-state index in [2.05, 4.69) is 32.7 Å². The number of halogens is 1. The van der Waals surface area contributed by atoms with Gasteiger partial charge in [0.15, 0.2) is 0 Å². The Morgan fingerprint density at radius 1 is 1.62 bits per heavy atom. The summed E-state index contributed by atoms with van der Waals surface area (Å²) in [5.74, 6) is 0.660. The highest BCUT2D eigenvalue weighted by atomic mass is 127. The number of aryl methyl sites for hydroxylation is 1. The zero-order valence-electron chi connectivity index (χ0n) is 6.86. The van der Waals surface area contributed by atoms with Gasteiger partial charge in [0, 0.05) is 11.6 Å². The Labute approximate surface area is 92.9 Å². The van der Waals surface area contributed by atoms with Crippen LogP contribution in [0.15, 0.2) is 11.6 Å². The monoisotopic (exact) mass is 306 g/mol. The summed E-state index contributed by atoms with van der Waals surface area (Å²) in [6.07, 6.45) is 1.74. The standard InChI is InChI=1S/C7H7IN4S/c1-4-5(8)6(9)12(11-4)7-10-2-3-13-7/h2-3H,9H2,1H3. The maximum atomic E-state index is 5.85. The molecule has 0 spiro atoms. The number of nitrogens with zero attached hydrogens (tertiary/aromatic N) is 3. The minimum absolute atomic E-state index is 0.660. The first-order valence-corrected chi connectivity index (χ1v) is 5.56. The molecule has 4 nitrogen and oxygen atoms in total. The van der Waals surface area contributed by atoms with E-state index in [1.165, 1.54) is 11.3 Å². The lowest BCUT2D eigenvalue weighted by atomic mass is 10.5. The summed E-state index contributed by atoms with van der Waals surface area (Å²) >= 11 is 3.70. The fourth-order valence-corrected chi connectivity index (χ4v) is 1.93. The zero-order chi connectivity index (χ0) is 9.42. The molecule has 0 bridgehead atoms. The maximum absolute atomic E-state index is 5.85. The largest absolute Gasteiger partial charge is 0.383 e. The number of nitrogen functional groups attached to an aromatic ring is 1. The van der Waals surface area contributed by atoms with E-state index in [1.54, 1.807) is 10.9 Å². The molecular weight excluding hydrogens is 299 g/mol. The van der Waals surface area contributed by atoms with Crippen molar-refractivity contribution < 1.29 is 0 Å². The third kappa shape index (κ3) is 1.44. The van der Waals surface area contributed by atoms with Crippen LogP contribution in [0, 0.1) is 10.5 Å². The minimum atomic E-state index is 0.660. The zero-order valence-corrected chi connectivity index (χ0v) is 9.83. The van der Waals surface area contributed by atoms with Crippen molar-refractivity contribution in [2.45, 2.75) is 6.92 Å². The summed E-state index contributed by atoms with van der Waals surface area (Å²) in [5.41, 5.74) is 6.79. The number of thiazole rings is 1. The van der Waals surface area contributed by atoms with Crippen LogP contribution in [0.5, 0.6) is 0 Å². The van der Waals surface area contributed by atoms with Crippen molar-refractivity contribution in [2.75, 3.05) is 5.73 Å². The number of rotatable bonds is 1. The number of hydrogen-bond donors (Lipinski definition) is 1. The van der Waals surface area contributed by atoms with Gasteiger partial charge < -0.3 is 5.73 Å². The second kappa shape index (κ2) is 3.26. The van der Waals surface area contributed by atoms with Gasteiger partial charge in [-0.25, -0.2) is 4.98 Å². The third-order valence-corrected chi connectivity index (χ3v) is 3.70. The van der Waals surface area contributed by atoms with E-state index in [0.29, 0.717) is 5.82 Å². The van der Waals surface area contributed by atoms with Crippen molar-refractivity contribution in [3.63, 3.8) is 0 Å². The van der Waals surface area contributed by atoms with Gasteiger partial charge in [-0.3, -0.25) is 0 Å². The Morgan fingerprint density at radius 2 is 2.38 bits per heavy atom. The molecule has 0 radical (unpaired) electrons. The average Bonchev–Trinajstić information content (AvgIpc) is 2.70. The van der Waals surface area contributed by atoms with Gasteiger partial charge in [-0.05, 0) is 29.5 Å². The van der Waals surface area contributed by atoms with Gasteiger partial charge >= 0.3 is 0 Å². The van der Waals surface area contributed by atoms with Crippen LogP contribution in [0.2, 0.25) is 0 Å². The predicted molar refractivity (Wildman–Crippen MR) is 61.1 cm³/mol. The smallest absolute Gasteiger partial charge is 0.212 e. The maximum Gasteiger partial charge on any atom is 0.212 e. The van der Waals surface area contributed by atoms with Gasteiger partial charge in [0.25, 0.3) is 0 Å². The molecule has 2 rings (SSSR count). The molecule has 68 valence electrons. The lowest BCUT2D eigenvalue weighted by Crippen LogP contribution is -2.01. The predicted octanol–water partition coefficient (Wildman–Crippen LogP) is 1.82. The summed E-state index contributed by atoms with van der Waals surface area (Å²) in [6.45, 7) is 1.93. The molecule has 0 aliphatic carbocycles. The van der Waals surface area contributed by atoms with Gasteiger partial charge in [-0.15, -0.1) is 11.3 Å². The molecule has 0 amide bonds. The van der Waals surface area contributed by atoms with Crippen molar-refractivity contribution in [3.05, 3.63) is 20.8 Å². The highest BCUT2D eigenvalue weighted by Crippen LogP contribution is 2.22. The van der Waals surface area contributed by atoms with E-state index in [9.17, 15) is 0 Å². The summed E-state index contributed by atoms with van der Waals surface area (Å²) < 4.78 is 2.66. The second-order valence-electron chi connectivity index (χ2n) is 2.51. The molecule has 0 unspecified atom stereocenters. The number of hydrogen-bond acceptors (Lipinski definition) is 4. The average molecular weight is 306 g/mol. The van der Waals surface area contributed by atoms with Gasteiger partial charge in [0.2, 0.25) is 5.13 Å². The molecule has 2 N–H and O–H groups in total. The lowest BCUT2D eigenvalue weighted by molar-refractivity contribution is 0.862. The quantitative estimate of drug-likeness (QED) is 0.818. The van der Waals surface area contributed by atoms with E-state index >= 15 is 0 Å². The Morgan fingerprint density at radius 3 is 2.85 bits per heavy atom. The lowest BCUT2D eigenvalue weighted by Gasteiger charge is -1.96. The van der Waals surface area contributed by atoms with Crippen LogP contribution in [0.3, 0.4) is 0 Å². The van der Waals surface area contributed by atoms with Crippen molar-refractivity contribution in [3.8, 4) is 5.13 Å². The van der Waals surface area contributed by atoms with Crippen LogP contribution in [0.25, 0.3) is 5.13 Å². The molecule has 2 aromatic heterocycles. The van der Waals surface area contributed by atoms with Gasteiger partial charge in [-0.1, -0.05) is 0 Å². The Balaban J connectivity index is 2.59. The molecule has 0 saturated heterocycles. The number of aromatic nitrogens is 3. The van der Waals surface area contributed by atoms with Crippen molar-refractivity contribution in [1.82, 2.24) is 14.8 Å².